The number of amides is 3. The third-order valence-electron chi connectivity index (χ3n) is 6.14. The summed E-state index contributed by atoms with van der Waals surface area (Å²) in [6.07, 6.45) is -2.08. The quantitative estimate of drug-likeness (QED) is 0.279. The Morgan fingerprint density at radius 3 is 2.05 bits per heavy atom. The number of hydrogen-bond donors (Lipinski definition) is 2. The molecule has 0 bridgehead atoms. The minimum Gasteiger partial charge on any atom is -0.462 e. The zero-order valence-electron chi connectivity index (χ0n) is 24.2. The number of nitrogens with one attached hydrogen (secondary N) is 1. The van der Waals surface area contributed by atoms with Crippen molar-refractivity contribution in [2.75, 3.05) is 43.2 Å². The molecule has 3 amide bonds. The molecule has 0 radical (unpaired) electrons. The van der Waals surface area contributed by atoms with E-state index in [4.69, 9.17) is 18.9 Å². The Morgan fingerprint density at radius 2 is 1.52 bits per heavy atom. The van der Waals surface area contributed by atoms with Crippen LogP contribution in [0, 0.1) is 10.7 Å². The van der Waals surface area contributed by atoms with Crippen LogP contribution in [0.25, 0.3) is 0 Å². The number of benzene rings is 1. The van der Waals surface area contributed by atoms with Crippen LogP contribution in [0.3, 0.4) is 0 Å². The molecule has 1 aliphatic heterocycles. The minimum atomic E-state index is -1.06. The van der Waals surface area contributed by atoms with E-state index >= 15 is 0 Å². The summed E-state index contributed by atoms with van der Waals surface area (Å²) in [4.78, 5) is 65.4. The summed E-state index contributed by atoms with van der Waals surface area (Å²) >= 11 is 5.93. The van der Waals surface area contributed by atoms with Crippen molar-refractivity contribution < 1.29 is 48.0 Å². The molecule has 1 aromatic carbocycles. The van der Waals surface area contributed by atoms with E-state index in [0.29, 0.717) is 22.1 Å². The number of aliphatic hydroxyl groups is 1. The molecule has 234 valence electrons. The maximum absolute atomic E-state index is 13.9. The van der Waals surface area contributed by atoms with Gasteiger partial charge in [-0.3, -0.25) is 24.0 Å². The van der Waals surface area contributed by atoms with Gasteiger partial charge in [0.25, 0.3) is 5.91 Å². The monoisotopic (exact) mass is 929 g/mol. The molecule has 3 atom stereocenters. The maximum atomic E-state index is 13.9. The van der Waals surface area contributed by atoms with E-state index in [1.54, 1.807) is 20.9 Å². The molecule has 0 saturated carbocycles. The first-order valence-electron chi connectivity index (χ1n) is 12.7. The summed E-state index contributed by atoms with van der Waals surface area (Å²) in [5.41, 5.74) is 0.822. The molecule has 13 nitrogen and oxygen atoms in total. The molecule has 0 aliphatic carbocycles. The van der Waals surface area contributed by atoms with Crippen LogP contribution in [0.1, 0.15) is 51.9 Å². The van der Waals surface area contributed by atoms with Gasteiger partial charge in [-0.1, -0.05) is 0 Å². The van der Waals surface area contributed by atoms with Crippen molar-refractivity contribution in [1.29, 1.82) is 0 Å². The number of hydrogen-bond acceptors (Lipinski definition) is 10. The number of aliphatic hydroxyl groups excluding tert-OH is 1. The molecule has 1 unspecified atom stereocenters. The largest absolute Gasteiger partial charge is 0.462 e. The van der Waals surface area contributed by atoms with Crippen molar-refractivity contribution >= 4 is 109 Å². The van der Waals surface area contributed by atoms with Gasteiger partial charge >= 0.3 is 11.9 Å². The van der Waals surface area contributed by atoms with Crippen LogP contribution in [0.5, 0.6) is 0 Å². The lowest BCUT2D eigenvalue weighted by Gasteiger charge is -2.32. The Hall–Kier alpha value is -1.36. The molecule has 0 spiro atoms. The normalized spacial score (nSPS) is 18.7. The summed E-state index contributed by atoms with van der Waals surface area (Å²) in [7, 11) is 1.54. The van der Waals surface area contributed by atoms with Gasteiger partial charge in [-0.25, -0.2) is 0 Å². The smallest absolute Gasteiger partial charge is 0.303 e. The van der Waals surface area contributed by atoms with Gasteiger partial charge in [-0.2, -0.15) is 0 Å². The molecule has 1 aliphatic rings. The van der Waals surface area contributed by atoms with Gasteiger partial charge in [0.1, 0.15) is 6.61 Å². The molecule has 2 N–H and O–H groups in total. The standard InChI is InChI=1S/C26H34I3N3O10/c1-12(33)31(7)23-20(27)19(25(38)30-17-10-40-26(5,6)41-11-18(17)37)21(28)24(22(23)29)32(13(2)34)8-16(42-15(4)36)9-39-14(3)35/h16-18,37H,8-11H2,1-7H3,(H,30,38)/t16?,17-,18-/m1/s1. The van der Waals surface area contributed by atoms with Crippen molar-refractivity contribution in [2.45, 2.75) is 65.6 Å². The van der Waals surface area contributed by atoms with E-state index in [1.165, 1.54) is 37.5 Å². The number of halogens is 3. The fourth-order valence-electron chi connectivity index (χ4n) is 3.90. The lowest BCUT2D eigenvalue weighted by atomic mass is 10.1. The molecule has 1 aromatic rings. The highest BCUT2D eigenvalue weighted by Crippen LogP contribution is 2.42. The number of carbonyl (C=O) groups excluding carboxylic acids is 5. The van der Waals surface area contributed by atoms with Crippen LogP contribution in [0.15, 0.2) is 0 Å². The summed E-state index contributed by atoms with van der Waals surface area (Å²) in [5, 5.41) is 13.5. The van der Waals surface area contributed by atoms with Gasteiger partial charge in [0, 0.05) is 34.7 Å². The Bertz CT molecular complexity index is 1240. The molecular weight excluding hydrogens is 895 g/mol. The van der Waals surface area contributed by atoms with Crippen molar-refractivity contribution in [3.63, 3.8) is 0 Å². The third kappa shape index (κ3) is 9.57. The van der Waals surface area contributed by atoms with E-state index in [9.17, 15) is 29.1 Å². The van der Waals surface area contributed by atoms with Gasteiger partial charge < -0.3 is 39.2 Å². The number of anilines is 2. The predicted molar refractivity (Wildman–Crippen MR) is 177 cm³/mol. The van der Waals surface area contributed by atoms with Crippen molar-refractivity contribution in [3.8, 4) is 0 Å². The molecule has 2 rings (SSSR count). The molecule has 1 saturated heterocycles. The van der Waals surface area contributed by atoms with E-state index < -0.39 is 47.8 Å². The number of carbonyl (C=O) groups is 5. The zero-order valence-corrected chi connectivity index (χ0v) is 30.7. The van der Waals surface area contributed by atoms with Gasteiger partial charge in [-0.15, -0.1) is 0 Å². The number of esters is 2. The topological polar surface area (TPSA) is 161 Å². The van der Waals surface area contributed by atoms with Gasteiger partial charge in [0.2, 0.25) is 11.8 Å². The maximum Gasteiger partial charge on any atom is 0.303 e. The first kappa shape index (κ1) is 36.8. The highest BCUT2D eigenvalue weighted by molar-refractivity contribution is 14.1. The predicted octanol–water partition coefficient (Wildman–Crippen LogP) is 2.57. The van der Waals surface area contributed by atoms with Crippen LogP contribution in [0.4, 0.5) is 11.4 Å². The minimum absolute atomic E-state index is 0.0235. The molecule has 1 fully saturated rings. The summed E-state index contributed by atoms with van der Waals surface area (Å²) in [5.74, 6) is -3.55. The van der Waals surface area contributed by atoms with Crippen molar-refractivity contribution in [1.82, 2.24) is 5.32 Å². The van der Waals surface area contributed by atoms with E-state index in [2.05, 4.69) is 5.32 Å². The van der Waals surface area contributed by atoms with Crippen LogP contribution in [0.2, 0.25) is 0 Å². The molecule has 0 aromatic heterocycles. The summed E-state index contributed by atoms with van der Waals surface area (Å²) in [6, 6.07) is -0.816. The summed E-state index contributed by atoms with van der Waals surface area (Å²) < 4.78 is 22.9. The average Bonchev–Trinajstić information content (AvgIpc) is 2.98. The first-order valence-corrected chi connectivity index (χ1v) is 15.9. The van der Waals surface area contributed by atoms with Gasteiger partial charge in [0.15, 0.2) is 11.9 Å². The Labute approximate surface area is 285 Å². The number of nitrogens with zero attached hydrogens (tertiary/aromatic N) is 2. The SMILES string of the molecule is CC(=O)OCC(CN(C(C)=O)c1c(I)c(C(=O)N[C@@H]2COC(C)(C)OC[C@H]2O)c(I)c(N(C)C(C)=O)c1I)OC(C)=O. The average molecular weight is 929 g/mol. The van der Waals surface area contributed by atoms with Crippen molar-refractivity contribution in [2.24, 2.45) is 0 Å². The van der Waals surface area contributed by atoms with E-state index in [-0.39, 0.29) is 37.8 Å². The fraction of sp³-hybridized carbons (Fsp3) is 0.577. The van der Waals surface area contributed by atoms with E-state index in [1.807, 2.05) is 67.8 Å². The lowest BCUT2D eigenvalue weighted by Crippen LogP contribution is -2.47. The molecule has 16 heteroatoms. The number of rotatable bonds is 9. The summed E-state index contributed by atoms with van der Waals surface area (Å²) in [6.45, 7) is 7.86. The van der Waals surface area contributed by atoms with E-state index in [0.717, 1.165) is 0 Å². The lowest BCUT2D eigenvalue weighted by molar-refractivity contribution is -0.203. The van der Waals surface area contributed by atoms with Crippen LogP contribution in [-0.2, 0) is 38.1 Å². The van der Waals surface area contributed by atoms with Gasteiger partial charge in [0.05, 0.1) is 59.6 Å². The molecule has 42 heavy (non-hydrogen) atoms. The highest BCUT2D eigenvalue weighted by Gasteiger charge is 2.36. The second-order valence-electron chi connectivity index (χ2n) is 9.92. The highest BCUT2D eigenvalue weighted by atomic mass is 127. The van der Waals surface area contributed by atoms with Gasteiger partial charge in [-0.05, 0) is 81.6 Å². The Morgan fingerprint density at radius 1 is 0.952 bits per heavy atom. The first-order chi connectivity index (χ1) is 19.4. The molecule has 1 heterocycles. The second-order valence-corrected chi connectivity index (χ2v) is 13.2. The van der Waals surface area contributed by atoms with Crippen LogP contribution in [-0.4, -0.2) is 92.2 Å². The number of ether oxygens (including phenoxy) is 4. The fourth-order valence-corrected chi connectivity index (χ4v) is 8.86. The third-order valence-corrected chi connectivity index (χ3v) is 9.26. The Kier molecular flexibility index (Phi) is 13.7. The van der Waals surface area contributed by atoms with Crippen molar-refractivity contribution in [3.05, 3.63) is 16.3 Å². The van der Waals surface area contributed by atoms with Crippen LogP contribution < -0.4 is 15.1 Å². The Balaban J connectivity index is 2.70. The zero-order chi connectivity index (χ0) is 32.1. The molecular formula is C26H34I3N3O10. The van der Waals surface area contributed by atoms with Crippen LogP contribution >= 0.6 is 67.8 Å². The second kappa shape index (κ2) is 15.6.